The van der Waals surface area contributed by atoms with Crippen molar-refractivity contribution in [1.82, 2.24) is 14.7 Å². The second-order valence-corrected chi connectivity index (χ2v) is 6.83. The van der Waals surface area contributed by atoms with E-state index in [4.69, 9.17) is 4.74 Å². The second kappa shape index (κ2) is 8.97. The Bertz CT molecular complexity index is 757. The van der Waals surface area contributed by atoms with Crippen LogP contribution in [-0.4, -0.2) is 84.9 Å². The van der Waals surface area contributed by atoms with Crippen molar-refractivity contribution >= 4 is 17.7 Å². The Hall–Kier alpha value is -2.74. The molecule has 1 saturated heterocycles. The molecule has 28 heavy (non-hydrogen) atoms. The first-order valence-electron chi connectivity index (χ1n) is 9.31. The maximum Gasteiger partial charge on any atom is 0.312 e. The molecule has 150 valence electrons. The molecule has 7 nitrogen and oxygen atoms in total. The molecule has 8 heteroatoms. The zero-order chi connectivity index (χ0) is 20.1. The van der Waals surface area contributed by atoms with Crippen LogP contribution >= 0.6 is 0 Å². The van der Waals surface area contributed by atoms with Gasteiger partial charge in [-0.2, -0.15) is 0 Å². The number of hydrogen-bond donors (Lipinski definition) is 0. The molecule has 0 radical (unpaired) electrons. The van der Waals surface area contributed by atoms with E-state index >= 15 is 0 Å². The molecule has 0 aliphatic carbocycles. The predicted octanol–water partition coefficient (Wildman–Crippen LogP) is 0.914. The van der Waals surface area contributed by atoms with E-state index in [0.29, 0.717) is 38.2 Å². The highest BCUT2D eigenvalue weighted by Crippen LogP contribution is 2.14. The molecule has 0 N–H and O–H groups in total. The summed E-state index contributed by atoms with van der Waals surface area (Å²) in [6.07, 6.45) is 4.58. The lowest BCUT2D eigenvalue weighted by Crippen LogP contribution is -2.56. The van der Waals surface area contributed by atoms with Crippen LogP contribution in [-0.2, 0) is 14.3 Å². The molecule has 1 atom stereocenters. The lowest BCUT2D eigenvalue weighted by molar-refractivity contribution is -0.154. The van der Waals surface area contributed by atoms with E-state index in [1.165, 1.54) is 29.2 Å². The third kappa shape index (κ3) is 4.39. The van der Waals surface area contributed by atoms with Crippen LogP contribution in [0.3, 0.4) is 0 Å². The van der Waals surface area contributed by atoms with E-state index < -0.39 is 17.6 Å². The Morgan fingerprint density at radius 2 is 1.64 bits per heavy atom. The quantitative estimate of drug-likeness (QED) is 0.569. The zero-order valence-electron chi connectivity index (χ0n) is 15.8. The Balaban J connectivity index is 1.57. The molecule has 2 heterocycles. The second-order valence-electron chi connectivity index (χ2n) is 6.83. The summed E-state index contributed by atoms with van der Waals surface area (Å²) in [6.45, 7) is 2.06. The first kappa shape index (κ1) is 20.0. The third-order valence-electron chi connectivity index (χ3n) is 5.02. The molecule has 3 rings (SSSR count). The smallest absolute Gasteiger partial charge is 0.312 e. The van der Waals surface area contributed by atoms with Crippen molar-refractivity contribution in [3.8, 4) is 0 Å². The average molecular weight is 389 g/mol. The standard InChI is InChI=1S/C20H24FN3O4/c1-28-14-17-4-2-3-9-24(17)20(27)19(26)23-12-10-22(11-13-23)18(25)15-5-7-16(21)8-6-15/h2,4-8,17H,3,9-14H2,1H3. The molecule has 1 fully saturated rings. The van der Waals surface area contributed by atoms with Gasteiger partial charge in [-0.25, -0.2) is 4.39 Å². The largest absolute Gasteiger partial charge is 0.382 e. The number of nitrogens with zero attached hydrogens (tertiary/aromatic N) is 3. The highest BCUT2D eigenvalue weighted by Gasteiger charge is 2.33. The SMILES string of the molecule is COCC1C=CCCN1C(=O)C(=O)N1CCN(C(=O)c2ccc(F)cc2)CC1. The summed E-state index contributed by atoms with van der Waals surface area (Å²) in [4.78, 5) is 42.5. The molecular weight excluding hydrogens is 365 g/mol. The lowest BCUT2D eigenvalue weighted by atomic mass is 10.1. The maximum atomic E-state index is 13.0. The van der Waals surface area contributed by atoms with Gasteiger partial charge >= 0.3 is 11.8 Å². The Morgan fingerprint density at radius 3 is 2.29 bits per heavy atom. The van der Waals surface area contributed by atoms with Crippen LogP contribution in [0.25, 0.3) is 0 Å². The first-order chi connectivity index (χ1) is 13.5. The minimum absolute atomic E-state index is 0.209. The van der Waals surface area contributed by atoms with Gasteiger partial charge in [0.15, 0.2) is 0 Å². The molecular formula is C20H24FN3O4. The number of carbonyl (C=O) groups excluding carboxylic acids is 3. The van der Waals surface area contributed by atoms with Crippen molar-refractivity contribution in [3.63, 3.8) is 0 Å². The van der Waals surface area contributed by atoms with Crippen LogP contribution in [0.2, 0.25) is 0 Å². The summed E-state index contributed by atoms with van der Waals surface area (Å²) < 4.78 is 18.2. The van der Waals surface area contributed by atoms with Gasteiger partial charge in [-0.1, -0.05) is 12.2 Å². The van der Waals surface area contributed by atoms with Gasteiger partial charge in [0.25, 0.3) is 5.91 Å². The third-order valence-corrected chi connectivity index (χ3v) is 5.02. The number of piperazine rings is 1. The van der Waals surface area contributed by atoms with Crippen LogP contribution in [0.4, 0.5) is 4.39 Å². The van der Waals surface area contributed by atoms with E-state index in [9.17, 15) is 18.8 Å². The van der Waals surface area contributed by atoms with E-state index in [2.05, 4.69) is 0 Å². The van der Waals surface area contributed by atoms with Crippen LogP contribution in [0.15, 0.2) is 36.4 Å². The highest BCUT2D eigenvalue weighted by atomic mass is 19.1. The topological polar surface area (TPSA) is 70.2 Å². The van der Waals surface area contributed by atoms with E-state index in [0.717, 1.165) is 0 Å². The van der Waals surface area contributed by atoms with Gasteiger partial charge in [0.1, 0.15) is 5.82 Å². The van der Waals surface area contributed by atoms with Crippen molar-refractivity contribution in [2.75, 3.05) is 46.4 Å². The van der Waals surface area contributed by atoms with E-state index in [-0.39, 0.29) is 25.0 Å². The fourth-order valence-electron chi connectivity index (χ4n) is 3.45. The number of halogens is 1. The Morgan fingerprint density at radius 1 is 1.00 bits per heavy atom. The van der Waals surface area contributed by atoms with Gasteiger partial charge < -0.3 is 19.4 Å². The molecule has 0 saturated carbocycles. The van der Waals surface area contributed by atoms with Crippen molar-refractivity contribution in [2.24, 2.45) is 0 Å². The van der Waals surface area contributed by atoms with Crippen LogP contribution in [0.1, 0.15) is 16.8 Å². The first-order valence-corrected chi connectivity index (χ1v) is 9.31. The van der Waals surface area contributed by atoms with Crippen molar-refractivity contribution in [2.45, 2.75) is 12.5 Å². The van der Waals surface area contributed by atoms with Gasteiger partial charge in [0, 0.05) is 45.4 Å². The summed E-state index contributed by atoms with van der Waals surface area (Å²) in [7, 11) is 1.56. The molecule has 2 aliphatic rings. The number of carbonyl (C=O) groups is 3. The van der Waals surface area contributed by atoms with Gasteiger partial charge in [-0.3, -0.25) is 14.4 Å². The monoisotopic (exact) mass is 389 g/mol. The van der Waals surface area contributed by atoms with Crippen molar-refractivity contribution in [1.29, 1.82) is 0 Å². The van der Waals surface area contributed by atoms with Gasteiger partial charge in [0.05, 0.1) is 12.6 Å². The zero-order valence-corrected chi connectivity index (χ0v) is 15.8. The lowest BCUT2D eigenvalue weighted by Gasteiger charge is -2.37. The van der Waals surface area contributed by atoms with Crippen molar-refractivity contribution < 1.29 is 23.5 Å². The molecule has 0 bridgehead atoms. The van der Waals surface area contributed by atoms with E-state index in [1.807, 2.05) is 12.2 Å². The van der Waals surface area contributed by atoms with Gasteiger partial charge in [-0.05, 0) is 30.7 Å². The van der Waals surface area contributed by atoms with Crippen molar-refractivity contribution in [3.05, 3.63) is 47.8 Å². The fourth-order valence-corrected chi connectivity index (χ4v) is 3.45. The van der Waals surface area contributed by atoms with Crippen LogP contribution in [0, 0.1) is 5.82 Å². The Kier molecular flexibility index (Phi) is 6.41. The van der Waals surface area contributed by atoms with E-state index in [1.54, 1.807) is 16.9 Å². The molecule has 0 spiro atoms. The number of benzene rings is 1. The molecule has 0 aromatic heterocycles. The number of ether oxygens (including phenoxy) is 1. The number of rotatable bonds is 3. The summed E-state index contributed by atoms with van der Waals surface area (Å²) in [6, 6.07) is 5.14. The number of methoxy groups -OCH3 is 1. The fraction of sp³-hybridized carbons (Fsp3) is 0.450. The number of hydrogen-bond acceptors (Lipinski definition) is 4. The summed E-state index contributed by atoms with van der Waals surface area (Å²) in [5, 5.41) is 0. The summed E-state index contributed by atoms with van der Waals surface area (Å²) in [5.74, 6) is -1.69. The highest BCUT2D eigenvalue weighted by molar-refractivity contribution is 6.35. The minimum atomic E-state index is -0.551. The molecule has 1 aromatic rings. The minimum Gasteiger partial charge on any atom is -0.382 e. The molecule has 3 amide bonds. The predicted molar refractivity (Wildman–Crippen MR) is 100 cm³/mol. The summed E-state index contributed by atoms with van der Waals surface area (Å²) >= 11 is 0. The molecule has 1 aromatic carbocycles. The molecule has 1 unspecified atom stereocenters. The average Bonchev–Trinajstić information content (AvgIpc) is 2.73. The number of amides is 3. The van der Waals surface area contributed by atoms with Gasteiger partial charge in [0.2, 0.25) is 0 Å². The van der Waals surface area contributed by atoms with Gasteiger partial charge in [-0.15, -0.1) is 0 Å². The normalized spacial score (nSPS) is 19.6. The van der Waals surface area contributed by atoms with Crippen LogP contribution in [0.5, 0.6) is 0 Å². The summed E-state index contributed by atoms with van der Waals surface area (Å²) in [5.41, 5.74) is 0.403. The van der Waals surface area contributed by atoms with Crippen LogP contribution < -0.4 is 0 Å². The molecule has 2 aliphatic heterocycles. The maximum absolute atomic E-state index is 13.0. The Labute approximate surface area is 163 Å².